The second kappa shape index (κ2) is 8.16. The molecule has 1 saturated heterocycles. The molecule has 4 nitrogen and oxygen atoms in total. The van der Waals surface area contributed by atoms with Gasteiger partial charge in [-0.2, -0.15) is 0 Å². The zero-order chi connectivity index (χ0) is 15.0. The summed E-state index contributed by atoms with van der Waals surface area (Å²) in [6.07, 6.45) is 9.86. The molecule has 0 atom stereocenters. The topological polar surface area (TPSA) is 38.8 Å². The number of carbonyl (C=O) groups is 1. The molecule has 1 amide bonds. The summed E-state index contributed by atoms with van der Waals surface area (Å²) in [6.45, 7) is 7.84. The number of hydrogen-bond acceptors (Lipinski definition) is 3. The second-order valence-electron chi connectivity index (χ2n) is 6.20. The predicted molar refractivity (Wildman–Crippen MR) is 79.5 cm³/mol. The Kier molecular flexibility index (Phi) is 6.87. The molecule has 0 aromatic rings. The SMILES string of the molecule is C#CCCCCOC1CCN(C(=O)OC(C)(C)C)CC1. The largest absolute Gasteiger partial charge is 0.444 e. The molecule has 0 unspecified atom stereocenters. The molecule has 1 aliphatic heterocycles. The van der Waals surface area contributed by atoms with Gasteiger partial charge in [-0.3, -0.25) is 0 Å². The van der Waals surface area contributed by atoms with Crippen molar-refractivity contribution in [2.75, 3.05) is 19.7 Å². The molecule has 0 radical (unpaired) electrons. The first-order chi connectivity index (χ1) is 9.42. The first-order valence-electron chi connectivity index (χ1n) is 7.45. The van der Waals surface area contributed by atoms with E-state index in [0.717, 1.165) is 38.7 Å². The van der Waals surface area contributed by atoms with E-state index in [0.29, 0.717) is 13.1 Å². The number of nitrogens with zero attached hydrogens (tertiary/aromatic N) is 1. The van der Waals surface area contributed by atoms with Gasteiger partial charge in [0.1, 0.15) is 5.60 Å². The van der Waals surface area contributed by atoms with Gasteiger partial charge in [-0.25, -0.2) is 4.79 Å². The molecule has 0 N–H and O–H groups in total. The van der Waals surface area contributed by atoms with Gasteiger partial charge in [0.2, 0.25) is 0 Å². The van der Waals surface area contributed by atoms with Gasteiger partial charge in [-0.15, -0.1) is 12.3 Å². The van der Waals surface area contributed by atoms with Crippen molar-refractivity contribution in [3.05, 3.63) is 0 Å². The van der Waals surface area contributed by atoms with Crippen LogP contribution in [0.5, 0.6) is 0 Å². The van der Waals surface area contributed by atoms with Crippen molar-refractivity contribution in [1.82, 2.24) is 4.90 Å². The lowest BCUT2D eigenvalue weighted by molar-refractivity contribution is -0.0119. The number of rotatable bonds is 5. The van der Waals surface area contributed by atoms with Crippen LogP contribution in [0.4, 0.5) is 4.79 Å². The molecule has 0 spiro atoms. The van der Waals surface area contributed by atoms with Gasteiger partial charge < -0.3 is 14.4 Å². The van der Waals surface area contributed by atoms with E-state index >= 15 is 0 Å². The normalized spacial score (nSPS) is 16.8. The summed E-state index contributed by atoms with van der Waals surface area (Å²) in [5.74, 6) is 2.63. The van der Waals surface area contributed by atoms with Crippen LogP contribution in [-0.2, 0) is 9.47 Å². The molecule has 1 fully saturated rings. The van der Waals surface area contributed by atoms with Gasteiger partial charge in [0.05, 0.1) is 6.10 Å². The maximum atomic E-state index is 11.9. The molecule has 1 heterocycles. The highest BCUT2D eigenvalue weighted by Gasteiger charge is 2.26. The van der Waals surface area contributed by atoms with Crippen LogP contribution in [0.25, 0.3) is 0 Å². The van der Waals surface area contributed by atoms with Gasteiger partial charge in [-0.05, 0) is 46.5 Å². The number of piperidine rings is 1. The predicted octanol–water partition coefficient (Wildman–Crippen LogP) is 3.21. The highest BCUT2D eigenvalue weighted by Crippen LogP contribution is 2.17. The summed E-state index contributed by atoms with van der Waals surface area (Å²) in [5.41, 5.74) is -0.429. The third-order valence-corrected chi connectivity index (χ3v) is 3.16. The number of terminal acetylenes is 1. The summed E-state index contributed by atoms with van der Waals surface area (Å²) in [6, 6.07) is 0. The molecule has 1 aliphatic rings. The minimum Gasteiger partial charge on any atom is -0.444 e. The molecule has 0 aromatic carbocycles. The fourth-order valence-electron chi connectivity index (χ4n) is 2.11. The van der Waals surface area contributed by atoms with Crippen LogP contribution in [-0.4, -0.2) is 42.4 Å². The van der Waals surface area contributed by atoms with E-state index in [9.17, 15) is 4.79 Å². The summed E-state index contributed by atoms with van der Waals surface area (Å²) >= 11 is 0. The smallest absolute Gasteiger partial charge is 0.410 e. The van der Waals surface area contributed by atoms with Crippen LogP contribution in [0.15, 0.2) is 0 Å². The van der Waals surface area contributed by atoms with E-state index in [1.807, 2.05) is 20.8 Å². The van der Waals surface area contributed by atoms with E-state index in [4.69, 9.17) is 15.9 Å². The lowest BCUT2D eigenvalue weighted by Crippen LogP contribution is -2.43. The van der Waals surface area contributed by atoms with E-state index in [1.165, 1.54) is 0 Å². The Bertz CT molecular complexity index is 333. The van der Waals surface area contributed by atoms with Crippen LogP contribution in [0.1, 0.15) is 52.9 Å². The molecule has 4 heteroatoms. The first-order valence-corrected chi connectivity index (χ1v) is 7.45. The standard InChI is InChI=1S/C16H27NO3/c1-5-6-7-8-13-19-14-9-11-17(12-10-14)15(18)20-16(2,3)4/h1,14H,6-13H2,2-4H3. The third-order valence-electron chi connectivity index (χ3n) is 3.16. The molecular weight excluding hydrogens is 254 g/mol. The lowest BCUT2D eigenvalue weighted by atomic mass is 10.1. The molecule has 0 aliphatic carbocycles. The highest BCUT2D eigenvalue weighted by molar-refractivity contribution is 5.68. The molecule has 20 heavy (non-hydrogen) atoms. The maximum Gasteiger partial charge on any atom is 0.410 e. The maximum absolute atomic E-state index is 11.9. The number of hydrogen-bond donors (Lipinski definition) is 0. The Morgan fingerprint density at radius 3 is 2.50 bits per heavy atom. The Balaban J connectivity index is 2.17. The van der Waals surface area contributed by atoms with E-state index in [1.54, 1.807) is 4.90 Å². The van der Waals surface area contributed by atoms with Crippen molar-refractivity contribution in [1.29, 1.82) is 0 Å². The zero-order valence-corrected chi connectivity index (χ0v) is 13.0. The number of amides is 1. The van der Waals surface area contributed by atoms with Crippen molar-refractivity contribution >= 4 is 6.09 Å². The molecular formula is C16H27NO3. The van der Waals surface area contributed by atoms with Crippen molar-refractivity contribution in [3.63, 3.8) is 0 Å². The van der Waals surface area contributed by atoms with Crippen molar-refractivity contribution in [2.24, 2.45) is 0 Å². The fourth-order valence-corrected chi connectivity index (χ4v) is 2.11. The number of unbranched alkanes of at least 4 members (excludes halogenated alkanes) is 2. The van der Waals surface area contributed by atoms with E-state index < -0.39 is 5.60 Å². The third kappa shape index (κ3) is 6.81. The minimum absolute atomic E-state index is 0.218. The van der Waals surface area contributed by atoms with Crippen LogP contribution in [0.3, 0.4) is 0 Å². The Labute approximate surface area is 122 Å². The Morgan fingerprint density at radius 2 is 1.95 bits per heavy atom. The number of carbonyl (C=O) groups excluding carboxylic acids is 1. The molecule has 0 saturated carbocycles. The van der Waals surface area contributed by atoms with E-state index in [-0.39, 0.29) is 12.2 Å². The number of ether oxygens (including phenoxy) is 2. The average molecular weight is 281 g/mol. The minimum atomic E-state index is -0.429. The quantitative estimate of drug-likeness (QED) is 0.574. The average Bonchev–Trinajstić information content (AvgIpc) is 2.37. The van der Waals surface area contributed by atoms with Gasteiger partial charge in [0.25, 0.3) is 0 Å². The Morgan fingerprint density at radius 1 is 1.30 bits per heavy atom. The van der Waals surface area contributed by atoms with Crippen LogP contribution < -0.4 is 0 Å². The zero-order valence-electron chi connectivity index (χ0n) is 13.0. The fraction of sp³-hybridized carbons (Fsp3) is 0.812. The summed E-state index contributed by atoms with van der Waals surface area (Å²) in [4.78, 5) is 13.7. The van der Waals surface area contributed by atoms with Gasteiger partial charge >= 0.3 is 6.09 Å². The van der Waals surface area contributed by atoms with E-state index in [2.05, 4.69) is 5.92 Å². The van der Waals surface area contributed by atoms with Gasteiger partial charge in [-0.1, -0.05) is 0 Å². The van der Waals surface area contributed by atoms with Crippen molar-refractivity contribution < 1.29 is 14.3 Å². The molecule has 1 rings (SSSR count). The molecule has 0 bridgehead atoms. The lowest BCUT2D eigenvalue weighted by Gasteiger charge is -2.33. The number of likely N-dealkylation sites (tertiary alicyclic amines) is 1. The second-order valence-corrected chi connectivity index (χ2v) is 6.20. The summed E-state index contributed by atoms with van der Waals surface area (Å²) in [7, 11) is 0. The summed E-state index contributed by atoms with van der Waals surface area (Å²) < 4.78 is 11.2. The first kappa shape index (κ1) is 16.8. The Hall–Kier alpha value is -1.21. The molecule has 114 valence electrons. The highest BCUT2D eigenvalue weighted by atomic mass is 16.6. The van der Waals surface area contributed by atoms with Gasteiger partial charge in [0.15, 0.2) is 0 Å². The van der Waals surface area contributed by atoms with Crippen LogP contribution in [0, 0.1) is 12.3 Å². The monoisotopic (exact) mass is 281 g/mol. The van der Waals surface area contributed by atoms with Crippen molar-refractivity contribution in [3.8, 4) is 12.3 Å². The van der Waals surface area contributed by atoms with Crippen LogP contribution >= 0.6 is 0 Å². The van der Waals surface area contributed by atoms with Crippen LogP contribution in [0.2, 0.25) is 0 Å². The summed E-state index contributed by atoms with van der Waals surface area (Å²) in [5, 5.41) is 0. The molecule has 0 aromatic heterocycles. The van der Waals surface area contributed by atoms with Gasteiger partial charge in [0, 0.05) is 26.1 Å². The van der Waals surface area contributed by atoms with Crippen molar-refractivity contribution in [2.45, 2.75) is 64.6 Å².